The third kappa shape index (κ3) is 4.00. The Morgan fingerprint density at radius 2 is 1.88 bits per heavy atom. The van der Waals surface area contributed by atoms with Crippen LogP contribution in [0.2, 0.25) is 0 Å². The number of hydrogen-bond donors (Lipinski definition) is 0. The third-order valence-electron chi connectivity index (χ3n) is 5.62. The number of pyridine rings is 1. The van der Waals surface area contributed by atoms with Crippen molar-refractivity contribution in [2.24, 2.45) is 5.16 Å². The van der Waals surface area contributed by atoms with Gasteiger partial charge in [0, 0.05) is 11.9 Å². The highest BCUT2D eigenvalue weighted by Gasteiger charge is 2.18. The van der Waals surface area contributed by atoms with E-state index in [4.69, 9.17) is 14.6 Å². The highest BCUT2D eigenvalue weighted by atomic mass is 16.6. The lowest BCUT2D eigenvalue weighted by atomic mass is 10.2. The summed E-state index contributed by atoms with van der Waals surface area (Å²) < 4.78 is 9.00. The number of rotatable bonds is 7. The van der Waals surface area contributed by atoms with Gasteiger partial charge in [0.15, 0.2) is 18.1 Å². The average Bonchev–Trinajstić information content (AvgIpc) is 3.37. The Morgan fingerprint density at radius 1 is 1.03 bits per heavy atom. The fourth-order valence-electron chi connectivity index (χ4n) is 3.77. The first-order valence-corrected chi connectivity index (χ1v) is 10.5. The van der Waals surface area contributed by atoms with Crippen LogP contribution in [0.5, 0.6) is 5.75 Å². The van der Waals surface area contributed by atoms with Crippen molar-refractivity contribution in [1.82, 2.24) is 29.1 Å². The van der Waals surface area contributed by atoms with E-state index >= 15 is 0 Å². The van der Waals surface area contributed by atoms with Crippen LogP contribution in [0.15, 0.2) is 60.1 Å². The van der Waals surface area contributed by atoms with Crippen LogP contribution in [-0.4, -0.2) is 42.5 Å². The van der Waals surface area contributed by atoms with E-state index in [0.717, 1.165) is 44.9 Å². The highest BCUT2D eigenvalue weighted by Crippen LogP contribution is 2.27. The third-order valence-corrected chi connectivity index (χ3v) is 5.62. The molecule has 0 amide bonds. The molecule has 1 aromatic carbocycles. The first-order valence-electron chi connectivity index (χ1n) is 10.5. The van der Waals surface area contributed by atoms with Crippen LogP contribution in [0.4, 0.5) is 0 Å². The molecule has 9 nitrogen and oxygen atoms in total. The Hall–Kier alpha value is -4.27. The molecule has 33 heavy (non-hydrogen) atoms. The SMILES string of the molecule is COc1ccc(/C=N\OCc2nc3c4c(C)c(C)n(Cc5ccccn5)c4ncn3n2)cc1. The number of aryl methyl sites for hydroxylation is 1. The normalized spacial score (nSPS) is 11.6. The minimum Gasteiger partial charge on any atom is -0.497 e. The first kappa shape index (κ1) is 20.6. The molecule has 0 spiro atoms. The molecule has 0 unspecified atom stereocenters. The number of nitrogens with zero attached hydrogens (tertiary/aromatic N) is 7. The molecule has 5 aromatic rings. The molecule has 0 atom stereocenters. The minimum absolute atomic E-state index is 0.155. The second-order valence-corrected chi connectivity index (χ2v) is 7.64. The van der Waals surface area contributed by atoms with Crippen molar-refractivity contribution < 1.29 is 9.57 Å². The van der Waals surface area contributed by atoms with Crippen molar-refractivity contribution in [2.45, 2.75) is 27.0 Å². The lowest BCUT2D eigenvalue weighted by molar-refractivity contribution is 0.126. The molecule has 0 saturated heterocycles. The van der Waals surface area contributed by atoms with Crippen LogP contribution in [0, 0.1) is 13.8 Å². The maximum atomic E-state index is 5.43. The van der Waals surface area contributed by atoms with Gasteiger partial charge >= 0.3 is 0 Å². The first-order chi connectivity index (χ1) is 16.1. The molecule has 4 aromatic heterocycles. The fraction of sp³-hybridized carbons (Fsp3) is 0.208. The molecule has 166 valence electrons. The van der Waals surface area contributed by atoms with Crippen molar-refractivity contribution >= 4 is 22.9 Å². The summed E-state index contributed by atoms with van der Waals surface area (Å²) in [6.45, 7) is 4.97. The summed E-state index contributed by atoms with van der Waals surface area (Å²) in [6.07, 6.45) is 5.12. The van der Waals surface area contributed by atoms with Gasteiger partial charge < -0.3 is 14.1 Å². The van der Waals surface area contributed by atoms with Crippen LogP contribution in [-0.2, 0) is 18.0 Å². The Morgan fingerprint density at radius 3 is 2.64 bits per heavy atom. The topological polar surface area (TPSA) is 91.7 Å². The van der Waals surface area contributed by atoms with Gasteiger partial charge in [-0.2, -0.15) is 0 Å². The number of fused-ring (bicyclic) bond motifs is 3. The van der Waals surface area contributed by atoms with Gasteiger partial charge in [0.25, 0.3) is 0 Å². The Kier molecular flexibility index (Phi) is 5.43. The molecule has 0 N–H and O–H groups in total. The Bertz CT molecular complexity index is 1440. The summed E-state index contributed by atoms with van der Waals surface area (Å²) in [5, 5.41) is 9.50. The van der Waals surface area contributed by atoms with Gasteiger partial charge in [-0.3, -0.25) is 4.98 Å². The summed E-state index contributed by atoms with van der Waals surface area (Å²) in [4.78, 5) is 19.2. The zero-order chi connectivity index (χ0) is 22.8. The van der Waals surface area contributed by atoms with Crippen molar-refractivity contribution in [2.75, 3.05) is 7.11 Å². The van der Waals surface area contributed by atoms with Gasteiger partial charge in [0.1, 0.15) is 17.7 Å². The summed E-state index contributed by atoms with van der Waals surface area (Å²) in [5.41, 5.74) is 5.74. The standard InChI is InChI=1S/C24H23N7O2/c1-16-17(2)30(13-19-6-4-5-11-25-19)23-22(16)24-28-21(29-31(24)15-26-23)14-33-27-12-18-7-9-20(32-3)10-8-18/h4-12,15H,13-14H2,1-3H3/b27-12-. The van der Waals surface area contributed by atoms with Crippen molar-refractivity contribution in [3.05, 3.63) is 83.3 Å². The van der Waals surface area contributed by atoms with Crippen LogP contribution in [0.1, 0.15) is 28.3 Å². The zero-order valence-electron chi connectivity index (χ0n) is 18.6. The maximum Gasteiger partial charge on any atom is 0.192 e. The fourth-order valence-corrected chi connectivity index (χ4v) is 3.77. The Balaban J connectivity index is 1.39. The molecule has 9 heteroatoms. The van der Waals surface area contributed by atoms with Crippen LogP contribution in [0.25, 0.3) is 16.7 Å². The average molecular weight is 441 g/mol. The van der Waals surface area contributed by atoms with E-state index < -0.39 is 0 Å². The molecule has 5 rings (SSSR count). The second kappa shape index (κ2) is 8.70. The number of benzene rings is 1. The second-order valence-electron chi connectivity index (χ2n) is 7.64. The lowest BCUT2D eigenvalue weighted by Crippen LogP contribution is -2.04. The van der Waals surface area contributed by atoms with Gasteiger partial charge in [-0.1, -0.05) is 11.2 Å². The molecular formula is C24H23N7O2. The molecule has 0 aliphatic rings. The predicted octanol–water partition coefficient (Wildman–Crippen LogP) is 3.70. The molecule has 0 aliphatic heterocycles. The van der Waals surface area contributed by atoms with Gasteiger partial charge in [-0.25, -0.2) is 14.5 Å². The monoisotopic (exact) mass is 441 g/mol. The van der Waals surface area contributed by atoms with E-state index in [-0.39, 0.29) is 6.61 Å². The summed E-state index contributed by atoms with van der Waals surface area (Å²) in [5.74, 6) is 1.33. The van der Waals surface area contributed by atoms with Crippen molar-refractivity contribution in [3.63, 3.8) is 0 Å². The largest absolute Gasteiger partial charge is 0.497 e. The van der Waals surface area contributed by atoms with Gasteiger partial charge in [-0.05, 0) is 61.4 Å². The maximum absolute atomic E-state index is 5.43. The van der Waals surface area contributed by atoms with Crippen LogP contribution in [0.3, 0.4) is 0 Å². The number of methoxy groups -OCH3 is 1. The minimum atomic E-state index is 0.155. The van der Waals surface area contributed by atoms with Gasteiger partial charge in [0.2, 0.25) is 0 Å². The molecule has 0 fully saturated rings. The molecular weight excluding hydrogens is 418 g/mol. The van der Waals surface area contributed by atoms with E-state index in [1.807, 2.05) is 42.5 Å². The molecule has 4 heterocycles. The van der Waals surface area contributed by atoms with Crippen LogP contribution >= 0.6 is 0 Å². The number of oxime groups is 1. The predicted molar refractivity (Wildman–Crippen MR) is 124 cm³/mol. The Labute approximate surface area is 190 Å². The lowest BCUT2D eigenvalue weighted by Gasteiger charge is -2.07. The van der Waals surface area contributed by atoms with Crippen molar-refractivity contribution in [3.8, 4) is 5.75 Å². The van der Waals surface area contributed by atoms with Crippen molar-refractivity contribution in [1.29, 1.82) is 0 Å². The number of hydrogen-bond acceptors (Lipinski definition) is 7. The van der Waals surface area contributed by atoms with E-state index in [1.165, 1.54) is 0 Å². The quantitative estimate of drug-likeness (QED) is 0.283. The molecule has 0 saturated carbocycles. The summed E-state index contributed by atoms with van der Waals surface area (Å²) in [7, 11) is 1.63. The zero-order valence-corrected chi connectivity index (χ0v) is 18.6. The van der Waals surface area contributed by atoms with Crippen LogP contribution < -0.4 is 4.74 Å². The molecule has 0 radical (unpaired) electrons. The van der Waals surface area contributed by atoms with E-state index in [1.54, 1.807) is 30.4 Å². The number of aromatic nitrogens is 6. The number of ether oxygens (including phenoxy) is 1. The molecule has 0 aliphatic carbocycles. The smallest absolute Gasteiger partial charge is 0.192 e. The molecule has 0 bridgehead atoms. The van der Waals surface area contributed by atoms with E-state index in [2.05, 4.69) is 38.6 Å². The highest BCUT2D eigenvalue weighted by molar-refractivity contribution is 5.93. The van der Waals surface area contributed by atoms with E-state index in [9.17, 15) is 0 Å². The summed E-state index contributed by atoms with van der Waals surface area (Å²) in [6, 6.07) is 13.5. The summed E-state index contributed by atoms with van der Waals surface area (Å²) >= 11 is 0. The van der Waals surface area contributed by atoms with Gasteiger partial charge in [0.05, 0.1) is 30.9 Å². The van der Waals surface area contributed by atoms with E-state index in [0.29, 0.717) is 12.4 Å². The van der Waals surface area contributed by atoms with Gasteiger partial charge in [-0.15, -0.1) is 5.10 Å².